The number of methoxy groups -OCH3 is 2. The van der Waals surface area contributed by atoms with Crippen molar-refractivity contribution in [3.05, 3.63) is 53.6 Å². The van der Waals surface area contributed by atoms with E-state index in [1.807, 2.05) is 24.3 Å². The van der Waals surface area contributed by atoms with Gasteiger partial charge in [0.2, 0.25) is 0 Å². The lowest BCUT2D eigenvalue weighted by Crippen LogP contribution is -2.18. The monoisotopic (exact) mass is 422 g/mol. The largest absolute Gasteiger partial charge is 0.493 e. The van der Waals surface area contributed by atoms with Crippen molar-refractivity contribution in [3.63, 3.8) is 0 Å². The first-order valence-corrected chi connectivity index (χ1v) is 11.7. The Labute approximate surface area is 171 Å². The second kappa shape index (κ2) is 9.61. The standard InChI is InChI=1S/C20H27N2O4PS/c1-21(2)27(24,22(3)4)28-20-10-8-7-9-16(20)13-17(23)15-11-12-18(25-5)19(14-15)26-6/h7-12,14H,13H2,1-6H3. The van der Waals surface area contributed by atoms with Crippen LogP contribution in [0.5, 0.6) is 11.5 Å². The van der Waals surface area contributed by atoms with E-state index < -0.39 is 6.65 Å². The zero-order valence-electron chi connectivity index (χ0n) is 17.1. The Morgan fingerprint density at radius 2 is 1.57 bits per heavy atom. The average molecular weight is 422 g/mol. The molecule has 2 rings (SSSR count). The zero-order chi connectivity index (χ0) is 20.9. The molecular formula is C20H27N2O4PS. The predicted molar refractivity (Wildman–Crippen MR) is 115 cm³/mol. The van der Waals surface area contributed by atoms with Crippen molar-refractivity contribution in [1.82, 2.24) is 9.34 Å². The summed E-state index contributed by atoms with van der Waals surface area (Å²) in [6.45, 7) is -2.82. The fourth-order valence-electron chi connectivity index (χ4n) is 2.67. The molecule has 0 fully saturated rings. The van der Waals surface area contributed by atoms with E-state index in [2.05, 4.69) is 0 Å². The van der Waals surface area contributed by atoms with Gasteiger partial charge in [-0.05, 0) is 69.4 Å². The van der Waals surface area contributed by atoms with Crippen molar-refractivity contribution in [3.8, 4) is 11.5 Å². The van der Waals surface area contributed by atoms with Gasteiger partial charge < -0.3 is 9.47 Å². The van der Waals surface area contributed by atoms with E-state index in [4.69, 9.17) is 9.47 Å². The first kappa shape index (κ1) is 22.5. The van der Waals surface area contributed by atoms with Crippen LogP contribution in [0, 0.1) is 0 Å². The molecular weight excluding hydrogens is 395 g/mol. The summed E-state index contributed by atoms with van der Waals surface area (Å²) in [5.74, 6) is 1.05. The van der Waals surface area contributed by atoms with Gasteiger partial charge in [0, 0.05) is 16.9 Å². The predicted octanol–water partition coefficient (Wildman–Crippen LogP) is 4.45. The first-order valence-electron chi connectivity index (χ1n) is 8.71. The minimum Gasteiger partial charge on any atom is -0.493 e. The van der Waals surface area contributed by atoms with Crippen LogP contribution in [0.4, 0.5) is 0 Å². The van der Waals surface area contributed by atoms with Gasteiger partial charge in [-0.2, -0.15) is 0 Å². The number of carbonyl (C=O) groups excluding carboxylic acids is 1. The van der Waals surface area contributed by atoms with Crippen LogP contribution in [0.2, 0.25) is 0 Å². The molecule has 0 N–H and O–H groups in total. The fraction of sp³-hybridized carbons (Fsp3) is 0.350. The summed E-state index contributed by atoms with van der Waals surface area (Å²) in [6.07, 6.45) is 0.208. The van der Waals surface area contributed by atoms with Crippen LogP contribution in [0.25, 0.3) is 0 Å². The Kier molecular flexibility index (Phi) is 7.72. The summed E-state index contributed by atoms with van der Waals surface area (Å²) in [4.78, 5) is 13.7. The lowest BCUT2D eigenvalue weighted by molar-refractivity contribution is 0.0992. The smallest absolute Gasteiger partial charge is 0.275 e. The van der Waals surface area contributed by atoms with E-state index >= 15 is 0 Å². The Hall–Kier alpha value is -1.79. The van der Waals surface area contributed by atoms with Crippen molar-refractivity contribution in [2.75, 3.05) is 42.4 Å². The third-order valence-electron chi connectivity index (χ3n) is 4.26. The molecule has 0 saturated heterocycles. The van der Waals surface area contributed by atoms with E-state index in [-0.39, 0.29) is 12.2 Å². The van der Waals surface area contributed by atoms with Crippen LogP contribution in [-0.4, -0.2) is 57.5 Å². The van der Waals surface area contributed by atoms with Crippen molar-refractivity contribution < 1.29 is 18.8 Å². The zero-order valence-corrected chi connectivity index (χ0v) is 18.8. The highest BCUT2D eigenvalue weighted by Crippen LogP contribution is 2.64. The molecule has 0 heterocycles. The van der Waals surface area contributed by atoms with Crippen molar-refractivity contribution in [2.45, 2.75) is 11.3 Å². The third-order valence-corrected chi connectivity index (χ3v) is 10.4. The number of hydrogen-bond donors (Lipinski definition) is 0. The molecule has 0 aliphatic heterocycles. The highest BCUT2D eigenvalue weighted by Gasteiger charge is 2.30. The Balaban J connectivity index is 2.31. The molecule has 0 spiro atoms. The van der Waals surface area contributed by atoms with Gasteiger partial charge >= 0.3 is 0 Å². The van der Waals surface area contributed by atoms with Crippen molar-refractivity contribution >= 4 is 23.8 Å². The van der Waals surface area contributed by atoms with E-state index in [1.165, 1.54) is 18.5 Å². The highest BCUT2D eigenvalue weighted by molar-refractivity contribution is 8.56. The van der Waals surface area contributed by atoms with Gasteiger partial charge in [0.25, 0.3) is 6.65 Å². The number of rotatable bonds is 9. The molecule has 0 saturated carbocycles. The molecule has 0 atom stereocenters. The molecule has 8 heteroatoms. The number of nitrogens with zero attached hydrogens (tertiary/aromatic N) is 2. The minimum absolute atomic E-state index is 0.0430. The number of Topliss-reactive ketones (excluding diaryl/α,β-unsaturated/α-hetero) is 1. The fourth-order valence-corrected chi connectivity index (χ4v) is 6.65. The second-order valence-corrected chi connectivity index (χ2v) is 11.7. The maximum atomic E-state index is 13.3. The molecule has 2 aromatic carbocycles. The summed E-state index contributed by atoms with van der Waals surface area (Å²) in [6, 6.07) is 12.7. The lowest BCUT2D eigenvalue weighted by atomic mass is 10.0. The molecule has 0 unspecified atom stereocenters. The molecule has 2 aromatic rings. The van der Waals surface area contributed by atoms with Crippen molar-refractivity contribution in [2.24, 2.45) is 0 Å². The molecule has 152 valence electrons. The van der Waals surface area contributed by atoms with Crippen LogP contribution in [0.3, 0.4) is 0 Å². The molecule has 28 heavy (non-hydrogen) atoms. The highest BCUT2D eigenvalue weighted by atomic mass is 32.7. The quantitative estimate of drug-likeness (QED) is 0.437. The van der Waals surface area contributed by atoms with Gasteiger partial charge in [-0.15, -0.1) is 0 Å². The maximum Gasteiger partial charge on any atom is 0.275 e. The van der Waals surface area contributed by atoms with Gasteiger partial charge in [0.15, 0.2) is 17.3 Å². The molecule has 0 aromatic heterocycles. The SMILES string of the molecule is COc1ccc(C(=O)Cc2ccccc2SP(=O)(N(C)C)N(C)C)cc1OC. The van der Waals surface area contributed by atoms with Gasteiger partial charge in [-0.25, -0.2) is 9.34 Å². The van der Waals surface area contributed by atoms with E-state index in [0.717, 1.165) is 10.5 Å². The molecule has 0 amide bonds. The van der Waals surface area contributed by atoms with Gasteiger partial charge in [0.05, 0.1) is 14.2 Å². The van der Waals surface area contributed by atoms with Crippen LogP contribution < -0.4 is 9.47 Å². The summed E-state index contributed by atoms with van der Waals surface area (Å²) in [5.41, 5.74) is 1.39. The number of hydrogen-bond acceptors (Lipinski definition) is 5. The van der Waals surface area contributed by atoms with Gasteiger partial charge in [-0.3, -0.25) is 9.36 Å². The maximum absolute atomic E-state index is 13.3. The minimum atomic E-state index is -2.82. The van der Waals surface area contributed by atoms with E-state index in [9.17, 15) is 9.36 Å². The van der Waals surface area contributed by atoms with Crippen LogP contribution in [-0.2, 0) is 11.0 Å². The molecule has 0 aliphatic carbocycles. The van der Waals surface area contributed by atoms with Gasteiger partial charge in [0.1, 0.15) is 0 Å². The topological polar surface area (TPSA) is 59.1 Å². The number of carbonyl (C=O) groups is 1. The molecule has 6 nitrogen and oxygen atoms in total. The Morgan fingerprint density at radius 3 is 2.14 bits per heavy atom. The van der Waals surface area contributed by atoms with E-state index in [0.29, 0.717) is 17.1 Å². The van der Waals surface area contributed by atoms with Crippen molar-refractivity contribution in [1.29, 1.82) is 0 Å². The van der Waals surface area contributed by atoms with Gasteiger partial charge in [-0.1, -0.05) is 18.2 Å². The number of benzene rings is 2. The summed E-state index contributed by atoms with van der Waals surface area (Å²) >= 11 is 1.30. The third kappa shape index (κ3) is 4.97. The lowest BCUT2D eigenvalue weighted by Gasteiger charge is -2.30. The number of ketones is 1. The summed E-state index contributed by atoms with van der Waals surface area (Å²) in [5, 5.41) is 0. The molecule has 0 bridgehead atoms. The summed E-state index contributed by atoms with van der Waals surface area (Å²) in [7, 11) is 10.3. The molecule has 0 aliphatic rings. The average Bonchev–Trinajstić information content (AvgIpc) is 2.68. The Morgan fingerprint density at radius 1 is 0.964 bits per heavy atom. The molecule has 0 radical (unpaired) electrons. The normalized spacial score (nSPS) is 11.7. The van der Waals surface area contributed by atoms with Crippen LogP contribution in [0.1, 0.15) is 15.9 Å². The van der Waals surface area contributed by atoms with Crippen LogP contribution >= 0.6 is 18.0 Å². The second-order valence-electron chi connectivity index (χ2n) is 6.55. The van der Waals surface area contributed by atoms with Crippen LogP contribution in [0.15, 0.2) is 47.4 Å². The summed E-state index contributed by atoms with van der Waals surface area (Å²) < 4.78 is 27.3. The first-order chi connectivity index (χ1) is 13.2. The number of ether oxygens (including phenoxy) is 2. The van der Waals surface area contributed by atoms with E-state index in [1.54, 1.807) is 62.8 Å². The Bertz CT molecular complexity index is 874.